The third kappa shape index (κ3) is 3.65. The zero-order valence-corrected chi connectivity index (χ0v) is 9.73. The third-order valence-electron chi connectivity index (χ3n) is 2.18. The Bertz CT molecular complexity index is 475. The van der Waals surface area contributed by atoms with Gasteiger partial charge in [-0.1, -0.05) is 0 Å². The number of ether oxygens (including phenoxy) is 1. The average Bonchev–Trinajstić information content (AvgIpc) is 2.25. The van der Waals surface area contributed by atoms with E-state index in [9.17, 15) is 4.79 Å². The number of nitriles is 1. The second kappa shape index (κ2) is 5.71. The standard InChI is InChI=1S/C13H13NO3/c1-9-7-11(3-4-12(15)16)8-10(2)13(9)17-6-5-14/h3-4,7-8H,6H2,1-2H3,(H,15,16)/b4-3+. The van der Waals surface area contributed by atoms with Crippen molar-refractivity contribution in [3.63, 3.8) is 0 Å². The van der Waals surface area contributed by atoms with Gasteiger partial charge in [0.05, 0.1) is 0 Å². The summed E-state index contributed by atoms with van der Waals surface area (Å²) in [7, 11) is 0. The average molecular weight is 231 g/mol. The van der Waals surface area contributed by atoms with Gasteiger partial charge in [0.1, 0.15) is 11.8 Å². The Morgan fingerprint density at radius 2 is 2.06 bits per heavy atom. The molecule has 0 amide bonds. The smallest absolute Gasteiger partial charge is 0.328 e. The summed E-state index contributed by atoms with van der Waals surface area (Å²) in [4.78, 5) is 10.4. The Morgan fingerprint density at radius 1 is 1.47 bits per heavy atom. The number of carboxylic acids is 1. The molecule has 0 unspecified atom stereocenters. The zero-order chi connectivity index (χ0) is 12.8. The summed E-state index contributed by atoms with van der Waals surface area (Å²) >= 11 is 0. The number of benzene rings is 1. The van der Waals surface area contributed by atoms with E-state index in [4.69, 9.17) is 15.1 Å². The first-order chi connectivity index (χ1) is 8.04. The van der Waals surface area contributed by atoms with E-state index in [1.807, 2.05) is 32.0 Å². The Morgan fingerprint density at radius 3 is 2.53 bits per heavy atom. The molecule has 0 saturated heterocycles. The lowest BCUT2D eigenvalue weighted by Crippen LogP contribution is -1.98. The van der Waals surface area contributed by atoms with Crippen LogP contribution in [-0.4, -0.2) is 17.7 Å². The normalized spacial score (nSPS) is 10.2. The van der Waals surface area contributed by atoms with Crippen molar-refractivity contribution < 1.29 is 14.6 Å². The molecule has 0 spiro atoms. The number of aliphatic carboxylic acids is 1. The molecule has 88 valence electrons. The molecule has 0 atom stereocenters. The lowest BCUT2D eigenvalue weighted by atomic mass is 10.1. The molecule has 0 radical (unpaired) electrons. The molecule has 1 rings (SSSR count). The number of rotatable bonds is 4. The predicted octanol–water partition coefficient (Wildman–Crippen LogP) is 2.30. The lowest BCUT2D eigenvalue weighted by Gasteiger charge is -2.10. The minimum Gasteiger partial charge on any atom is -0.478 e. The summed E-state index contributed by atoms with van der Waals surface area (Å²) in [6.07, 6.45) is 2.61. The van der Waals surface area contributed by atoms with Gasteiger partial charge in [0.2, 0.25) is 0 Å². The van der Waals surface area contributed by atoms with Crippen molar-refractivity contribution in [1.82, 2.24) is 0 Å². The summed E-state index contributed by atoms with van der Waals surface area (Å²) in [6, 6.07) is 5.55. The minimum atomic E-state index is -0.981. The van der Waals surface area contributed by atoms with Gasteiger partial charge in [0.25, 0.3) is 0 Å². The van der Waals surface area contributed by atoms with Crippen molar-refractivity contribution in [2.75, 3.05) is 6.61 Å². The van der Waals surface area contributed by atoms with Crippen molar-refractivity contribution in [3.8, 4) is 11.8 Å². The van der Waals surface area contributed by atoms with Gasteiger partial charge in [-0.15, -0.1) is 0 Å². The number of hydrogen-bond acceptors (Lipinski definition) is 3. The van der Waals surface area contributed by atoms with Gasteiger partial charge in [-0.2, -0.15) is 5.26 Å². The highest BCUT2D eigenvalue weighted by atomic mass is 16.5. The van der Waals surface area contributed by atoms with Crippen LogP contribution in [0.4, 0.5) is 0 Å². The highest BCUT2D eigenvalue weighted by molar-refractivity contribution is 5.85. The largest absolute Gasteiger partial charge is 0.478 e. The highest BCUT2D eigenvalue weighted by Crippen LogP contribution is 2.25. The van der Waals surface area contributed by atoms with Crippen molar-refractivity contribution in [1.29, 1.82) is 5.26 Å². The van der Waals surface area contributed by atoms with Crippen molar-refractivity contribution in [2.24, 2.45) is 0 Å². The summed E-state index contributed by atoms with van der Waals surface area (Å²) in [6.45, 7) is 3.72. The molecule has 1 aromatic rings. The number of carbonyl (C=O) groups is 1. The fraction of sp³-hybridized carbons (Fsp3) is 0.231. The van der Waals surface area contributed by atoms with Gasteiger partial charge < -0.3 is 9.84 Å². The van der Waals surface area contributed by atoms with Crippen molar-refractivity contribution in [2.45, 2.75) is 13.8 Å². The molecule has 0 aromatic heterocycles. The van der Waals surface area contributed by atoms with E-state index in [2.05, 4.69) is 0 Å². The first-order valence-electron chi connectivity index (χ1n) is 5.06. The highest BCUT2D eigenvalue weighted by Gasteiger charge is 2.05. The quantitative estimate of drug-likeness (QED) is 0.807. The van der Waals surface area contributed by atoms with Crippen LogP contribution in [0.15, 0.2) is 18.2 Å². The molecule has 17 heavy (non-hydrogen) atoms. The van der Waals surface area contributed by atoms with Crippen molar-refractivity contribution >= 4 is 12.0 Å². The molecule has 0 saturated carbocycles. The van der Waals surface area contributed by atoms with Crippen LogP contribution in [0.2, 0.25) is 0 Å². The summed E-state index contributed by atoms with van der Waals surface area (Å²) in [5, 5.41) is 17.0. The fourth-order valence-corrected chi connectivity index (χ4v) is 1.58. The summed E-state index contributed by atoms with van der Waals surface area (Å²) < 4.78 is 5.30. The molecule has 0 aliphatic rings. The molecule has 0 fully saturated rings. The molecule has 0 bridgehead atoms. The van der Waals surface area contributed by atoms with E-state index in [1.54, 1.807) is 0 Å². The van der Waals surface area contributed by atoms with Crippen LogP contribution in [0, 0.1) is 25.2 Å². The maximum atomic E-state index is 10.4. The number of nitrogens with zero attached hydrogens (tertiary/aromatic N) is 1. The summed E-state index contributed by atoms with van der Waals surface area (Å²) in [5.41, 5.74) is 2.56. The van der Waals surface area contributed by atoms with E-state index < -0.39 is 5.97 Å². The zero-order valence-electron chi connectivity index (χ0n) is 9.73. The molecule has 0 aliphatic carbocycles. The maximum absolute atomic E-state index is 10.4. The Balaban J connectivity index is 3.01. The monoisotopic (exact) mass is 231 g/mol. The topological polar surface area (TPSA) is 70.3 Å². The van der Waals surface area contributed by atoms with Gasteiger partial charge >= 0.3 is 5.97 Å². The lowest BCUT2D eigenvalue weighted by molar-refractivity contribution is -0.131. The maximum Gasteiger partial charge on any atom is 0.328 e. The SMILES string of the molecule is Cc1cc(/C=C/C(=O)O)cc(C)c1OCC#N. The molecule has 0 aliphatic heterocycles. The predicted molar refractivity (Wildman–Crippen MR) is 63.7 cm³/mol. The van der Waals surface area contributed by atoms with Crippen LogP contribution in [0.5, 0.6) is 5.75 Å². The number of carboxylic acid groups (broad SMARTS) is 1. The summed E-state index contributed by atoms with van der Waals surface area (Å²) in [5.74, 6) is -0.302. The molecule has 0 heterocycles. The van der Waals surface area contributed by atoms with E-state index in [0.29, 0.717) is 5.75 Å². The van der Waals surface area contributed by atoms with Crippen molar-refractivity contribution in [3.05, 3.63) is 34.9 Å². The van der Waals surface area contributed by atoms with Gasteiger partial charge in [0, 0.05) is 6.08 Å². The van der Waals surface area contributed by atoms with Gasteiger partial charge in [-0.25, -0.2) is 4.79 Å². The minimum absolute atomic E-state index is 0.00594. The second-order valence-corrected chi connectivity index (χ2v) is 3.60. The molecular weight excluding hydrogens is 218 g/mol. The Hall–Kier alpha value is -2.28. The van der Waals surface area contributed by atoms with Gasteiger partial charge in [0.15, 0.2) is 6.61 Å². The van der Waals surface area contributed by atoms with E-state index >= 15 is 0 Å². The van der Waals surface area contributed by atoms with Gasteiger partial charge in [-0.05, 0) is 48.7 Å². The Labute approximate surface area is 99.8 Å². The molecule has 4 nitrogen and oxygen atoms in total. The van der Waals surface area contributed by atoms with Crippen LogP contribution < -0.4 is 4.74 Å². The van der Waals surface area contributed by atoms with E-state index in [-0.39, 0.29) is 6.61 Å². The van der Waals surface area contributed by atoms with Crippen LogP contribution in [-0.2, 0) is 4.79 Å². The van der Waals surface area contributed by atoms with Crippen LogP contribution in [0.3, 0.4) is 0 Å². The first kappa shape index (κ1) is 12.8. The number of hydrogen-bond donors (Lipinski definition) is 1. The molecule has 4 heteroatoms. The van der Waals surface area contributed by atoms with Gasteiger partial charge in [-0.3, -0.25) is 0 Å². The molecule has 1 N–H and O–H groups in total. The van der Waals surface area contributed by atoms with Crippen LogP contribution >= 0.6 is 0 Å². The fourth-order valence-electron chi connectivity index (χ4n) is 1.58. The third-order valence-corrected chi connectivity index (χ3v) is 2.18. The van der Waals surface area contributed by atoms with E-state index in [0.717, 1.165) is 22.8 Å². The Kier molecular flexibility index (Phi) is 4.29. The second-order valence-electron chi connectivity index (χ2n) is 3.60. The molecule has 1 aromatic carbocycles. The van der Waals surface area contributed by atoms with E-state index in [1.165, 1.54) is 6.08 Å². The van der Waals surface area contributed by atoms with Crippen LogP contribution in [0.25, 0.3) is 6.08 Å². The first-order valence-corrected chi connectivity index (χ1v) is 5.06. The molecular formula is C13H13NO3. The number of aryl methyl sites for hydroxylation is 2. The van der Waals surface area contributed by atoms with Crippen LogP contribution in [0.1, 0.15) is 16.7 Å².